The highest BCUT2D eigenvalue weighted by atomic mass is 19.4. The summed E-state index contributed by atoms with van der Waals surface area (Å²) >= 11 is 0. The minimum Gasteiger partial charge on any atom is -0.456 e. The summed E-state index contributed by atoms with van der Waals surface area (Å²) in [6, 6.07) is 0. The van der Waals surface area contributed by atoms with Gasteiger partial charge in [0.05, 0.1) is 5.92 Å². The van der Waals surface area contributed by atoms with Gasteiger partial charge >= 0.3 is 36.2 Å². The predicted molar refractivity (Wildman–Crippen MR) is 72.6 cm³/mol. The van der Waals surface area contributed by atoms with Gasteiger partial charge in [-0.1, -0.05) is 13.8 Å². The largest absolute Gasteiger partial charge is 0.456 e. The van der Waals surface area contributed by atoms with Crippen molar-refractivity contribution in [2.75, 3.05) is 0 Å². The van der Waals surface area contributed by atoms with Crippen molar-refractivity contribution < 1.29 is 67.7 Å². The standard InChI is InChI=1S/C14H17F11O4/c1-5-6(2)8(26)28-7(3)10(15,16)11(27,14(23,24)25)29-9(4,12(17,18)19)13(20,21)22/h6-7,27H,5H2,1-4H3. The Morgan fingerprint density at radius 2 is 1.24 bits per heavy atom. The highest BCUT2D eigenvalue weighted by molar-refractivity contribution is 5.72. The molecule has 0 radical (unpaired) electrons. The third-order valence-electron chi connectivity index (χ3n) is 4.09. The molecule has 0 fully saturated rings. The van der Waals surface area contributed by atoms with Crippen LogP contribution in [-0.4, -0.2) is 53.0 Å². The second-order valence-corrected chi connectivity index (χ2v) is 6.28. The summed E-state index contributed by atoms with van der Waals surface area (Å²) in [5.41, 5.74) is -5.85. The zero-order chi connectivity index (χ0) is 23.9. The zero-order valence-electron chi connectivity index (χ0n) is 15.2. The molecule has 0 aromatic heterocycles. The van der Waals surface area contributed by atoms with E-state index in [4.69, 9.17) is 0 Å². The third kappa shape index (κ3) is 5.03. The number of carbonyl (C=O) groups excluding carboxylic acids is 1. The third-order valence-corrected chi connectivity index (χ3v) is 4.09. The van der Waals surface area contributed by atoms with Gasteiger partial charge in [0.1, 0.15) is 0 Å². The Balaban J connectivity index is 6.41. The molecule has 0 aliphatic carbocycles. The molecule has 15 heteroatoms. The lowest BCUT2D eigenvalue weighted by atomic mass is 9.99. The molecule has 0 rings (SSSR count). The van der Waals surface area contributed by atoms with Crippen LogP contribution in [-0.2, 0) is 14.3 Å². The number of rotatable bonds is 7. The van der Waals surface area contributed by atoms with Gasteiger partial charge in [-0.3, -0.25) is 4.79 Å². The van der Waals surface area contributed by atoms with Crippen LogP contribution in [0.25, 0.3) is 0 Å². The maximum Gasteiger partial charge on any atom is 0.449 e. The molecular weight excluding hydrogens is 441 g/mol. The van der Waals surface area contributed by atoms with Crippen LogP contribution in [0.4, 0.5) is 48.3 Å². The van der Waals surface area contributed by atoms with Gasteiger partial charge in [0, 0.05) is 0 Å². The van der Waals surface area contributed by atoms with Gasteiger partial charge in [-0.15, -0.1) is 0 Å². The fourth-order valence-corrected chi connectivity index (χ4v) is 1.69. The van der Waals surface area contributed by atoms with Crippen LogP contribution in [0.5, 0.6) is 0 Å². The van der Waals surface area contributed by atoms with Crippen molar-refractivity contribution in [3.8, 4) is 0 Å². The van der Waals surface area contributed by atoms with E-state index in [0.717, 1.165) is 6.92 Å². The molecule has 174 valence electrons. The lowest BCUT2D eigenvalue weighted by molar-refractivity contribution is -0.504. The highest BCUT2D eigenvalue weighted by Crippen LogP contribution is 2.54. The summed E-state index contributed by atoms with van der Waals surface area (Å²) in [5.74, 6) is -15.0. The lowest BCUT2D eigenvalue weighted by Gasteiger charge is -2.45. The first kappa shape index (κ1) is 27.6. The average molecular weight is 458 g/mol. The number of esters is 1. The van der Waals surface area contributed by atoms with Gasteiger partial charge in [-0.2, -0.15) is 48.3 Å². The topological polar surface area (TPSA) is 55.8 Å². The molecule has 0 bridgehead atoms. The molecule has 0 aromatic rings. The second kappa shape index (κ2) is 8.04. The lowest BCUT2D eigenvalue weighted by Crippen LogP contribution is -2.71. The monoisotopic (exact) mass is 458 g/mol. The van der Waals surface area contributed by atoms with Gasteiger partial charge in [-0.25, -0.2) is 0 Å². The molecule has 0 aliphatic heterocycles. The molecule has 29 heavy (non-hydrogen) atoms. The Hall–Kier alpha value is -1.38. The SMILES string of the molecule is CCC(C)C(=O)OC(C)C(F)(F)C(O)(OC(C)(C(F)(F)F)C(F)(F)F)C(F)(F)F. The van der Waals surface area contributed by atoms with Crippen LogP contribution in [0.15, 0.2) is 0 Å². The Morgan fingerprint density at radius 1 is 0.862 bits per heavy atom. The van der Waals surface area contributed by atoms with E-state index < -0.39 is 60.8 Å². The van der Waals surface area contributed by atoms with Crippen LogP contribution in [0.1, 0.15) is 34.1 Å². The molecular formula is C14H17F11O4. The van der Waals surface area contributed by atoms with E-state index in [1.54, 1.807) is 0 Å². The molecule has 3 unspecified atom stereocenters. The fraction of sp³-hybridized carbons (Fsp3) is 0.929. The summed E-state index contributed by atoms with van der Waals surface area (Å²) in [5, 5.41) is 9.33. The minimum atomic E-state index is -6.87. The number of alkyl halides is 11. The number of carbonyl (C=O) groups is 1. The van der Waals surface area contributed by atoms with E-state index in [1.165, 1.54) is 6.92 Å². The highest BCUT2D eigenvalue weighted by Gasteiger charge is 2.81. The normalized spacial score (nSPS) is 18.8. The number of hydrogen-bond acceptors (Lipinski definition) is 4. The van der Waals surface area contributed by atoms with E-state index in [1.807, 2.05) is 0 Å². The Bertz CT molecular complexity index is 568. The van der Waals surface area contributed by atoms with E-state index in [-0.39, 0.29) is 13.3 Å². The van der Waals surface area contributed by atoms with Crippen molar-refractivity contribution in [3.05, 3.63) is 0 Å². The van der Waals surface area contributed by atoms with Crippen LogP contribution in [0.3, 0.4) is 0 Å². The van der Waals surface area contributed by atoms with Crippen molar-refractivity contribution in [2.24, 2.45) is 5.92 Å². The first-order valence-corrected chi connectivity index (χ1v) is 7.70. The Labute approximate surface area is 156 Å². The molecule has 3 atom stereocenters. The quantitative estimate of drug-likeness (QED) is 0.340. The molecule has 0 heterocycles. The van der Waals surface area contributed by atoms with E-state index >= 15 is 0 Å². The Morgan fingerprint density at radius 3 is 1.52 bits per heavy atom. The summed E-state index contributed by atoms with van der Waals surface area (Å²) in [6.45, 7) is 1.49. The molecule has 0 saturated carbocycles. The minimum absolute atomic E-state index is 0.0405. The van der Waals surface area contributed by atoms with Gasteiger partial charge in [0.25, 0.3) is 5.60 Å². The molecule has 0 spiro atoms. The summed E-state index contributed by atoms with van der Waals surface area (Å²) in [7, 11) is 0. The van der Waals surface area contributed by atoms with Crippen molar-refractivity contribution in [1.29, 1.82) is 0 Å². The molecule has 0 aliphatic rings. The molecule has 4 nitrogen and oxygen atoms in total. The molecule has 1 N–H and O–H groups in total. The number of ether oxygens (including phenoxy) is 2. The van der Waals surface area contributed by atoms with Crippen LogP contribution in [0, 0.1) is 5.92 Å². The van der Waals surface area contributed by atoms with Crippen LogP contribution in [0.2, 0.25) is 0 Å². The van der Waals surface area contributed by atoms with E-state index in [0.29, 0.717) is 0 Å². The van der Waals surface area contributed by atoms with Gasteiger partial charge in [-0.05, 0) is 20.3 Å². The van der Waals surface area contributed by atoms with Crippen molar-refractivity contribution in [3.63, 3.8) is 0 Å². The molecule has 0 amide bonds. The smallest absolute Gasteiger partial charge is 0.449 e. The number of halogens is 11. The van der Waals surface area contributed by atoms with Gasteiger partial charge in [0.15, 0.2) is 6.10 Å². The fourth-order valence-electron chi connectivity index (χ4n) is 1.69. The maximum absolute atomic E-state index is 14.3. The van der Waals surface area contributed by atoms with Crippen molar-refractivity contribution >= 4 is 5.97 Å². The summed E-state index contributed by atoms with van der Waals surface area (Å²) in [4.78, 5) is 11.5. The predicted octanol–water partition coefficient (Wildman–Crippen LogP) is 4.75. The summed E-state index contributed by atoms with van der Waals surface area (Å²) in [6.07, 6.45) is -23.6. The summed E-state index contributed by atoms with van der Waals surface area (Å²) < 4.78 is 151. The second-order valence-electron chi connectivity index (χ2n) is 6.28. The Kier molecular flexibility index (Phi) is 7.66. The zero-order valence-corrected chi connectivity index (χ0v) is 15.2. The van der Waals surface area contributed by atoms with Gasteiger partial charge in [0.2, 0.25) is 0 Å². The van der Waals surface area contributed by atoms with Crippen LogP contribution < -0.4 is 0 Å². The first-order valence-electron chi connectivity index (χ1n) is 7.70. The number of aliphatic hydroxyl groups is 1. The van der Waals surface area contributed by atoms with E-state index in [9.17, 15) is 58.2 Å². The van der Waals surface area contributed by atoms with Gasteiger partial charge < -0.3 is 14.6 Å². The van der Waals surface area contributed by atoms with Crippen LogP contribution >= 0.6 is 0 Å². The first-order chi connectivity index (χ1) is 12.5. The average Bonchev–Trinajstić information content (AvgIpc) is 2.50. The number of hydrogen-bond donors (Lipinski definition) is 1. The van der Waals surface area contributed by atoms with E-state index in [2.05, 4.69) is 9.47 Å². The maximum atomic E-state index is 14.3. The van der Waals surface area contributed by atoms with Crippen molar-refractivity contribution in [1.82, 2.24) is 0 Å². The molecule has 0 aromatic carbocycles. The molecule has 0 saturated heterocycles. The van der Waals surface area contributed by atoms with Crippen molar-refractivity contribution in [2.45, 2.75) is 76.1 Å².